The largest absolute Gasteiger partial charge is 0.457 e. The van der Waals surface area contributed by atoms with Crippen molar-refractivity contribution < 1.29 is 14.3 Å². The summed E-state index contributed by atoms with van der Waals surface area (Å²) in [5, 5.41) is 8.90. The van der Waals surface area contributed by atoms with E-state index in [2.05, 4.69) is 20.9 Å². The number of carbonyl (C=O) groups is 2. The summed E-state index contributed by atoms with van der Waals surface area (Å²) in [5.74, 6) is 0.728. The van der Waals surface area contributed by atoms with Crippen molar-refractivity contribution >= 4 is 40.8 Å². The summed E-state index contributed by atoms with van der Waals surface area (Å²) in [4.78, 5) is 28.1. The number of aromatic nitrogens is 1. The van der Waals surface area contributed by atoms with Crippen LogP contribution in [0.4, 0.5) is 10.5 Å². The standard InChI is InChI=1S/C22H20Cl2N4O3/c1-13(27-22(30)28-19-7-6-15(23)11-18(19)24)14-4-3-5-16(10-14)31-17-8-9-26-20(12-17)21(29)25-2/h3-13H,1-2H3,(H,25,29)(H2,27,28,30). The van der Waals surface area contributed by atoms with Crippen LogP contribution in [0, 0.1) is 0 Å². The maximum absolute atomic E-state index is 12.3. The lowest BCUT2D eigenvalue weighted by atomic mass is 10.1. The van der Waals surface area contributed by atoms with E-state index in [-0.39, 0.29) is 17.6 Å². The molecule has 3 aromatic rings. The van der Waals surface area contributed by atoms with Gasteiger partial charge in [-0.2, -0.15) is 0 Å². The molecule has 9 heteroatoms. The van der Waals surface area contributed by atoms with Crippen LogP contribution in [-0.2, 0) is 0 Å². The second-order valence-electron chi connectivity index (χ2n) is 6.57. The van der Waals surface area contributed by atoms with E-state index < -0.39 is 6.03 Å². The number of pyridine rings is 1. The van der Waals surface area contributed by atoms with Gasteiger partial charge in [0.05, 0.1) is 16.8 Å². The fourth-order valence-corrected chi connectivity index (χ4v) is 3.20. The summed E-state index contributed by atoms with van der Waals surface area (Å²) < 4.78 is 5.85. The molecule has 1 atom stereocenters. The highest BCUT2D eigenvalue weighted by molar-refractivity contribution is 6.36. The van der Waals surface area contributed by atoms with E-state index in [0.717, 1.165) is 5.56 Å². The fourth-order valence-electron chi connectivity index (χ4n) is 2.74. The minimum Gasteiger partial charge on any atom is -0.457 e. The number of hydrogen-bond donors (Lipinski definition) is 3. The van der Waals surface area contributed by atoms with Crippen molar-refractivity contribution in [1.29, 1.82) is 0 Å². The van der Waals surface area contributed by atoms with Crippen LogP contribution in [0.5, 0.6) is 11.5 Å². The highest BCUT2D eigenvalue weighted by Gasteiger charge is 2.13. The summed E-state index contributed by atoms with van der Waals surface area (Å²) in [7, 11) is 1.53. The number of amides is 3. The smallest absolute Gasteiger partial charge is 0.319 e. The van der Waals surface area contributed by atoms with E-state index in [0.29, 0.717) is 27.2 Å². The van der Waals surface area contributed by atoms with Gasteiger partial charge in [0.15, 0.2) is 0 Å². The topological polar surface area (TPSA) is 92.4 Å². The number of carbonyl (C=O) groups excluding carboxylic acids is 2. The molecular formula is C22H20Cl2N4O3. The molecule has 2 aromatic carbocycles. The van der Waals surface area contributed by atoms with Crippen molar-refractivity contribution in [2.45, 2.75) is 13.0 Å². The van der Waals surface area contributed by atoms with E-state index >= 15 is 0 Å². The normalized spacial score (nSPS) is 11.4. The van der Waals surface area contributed by atoms with E-state index in [1.165, 1.54) is 13.2 Å². The minimum absolute atomic E-state index is 0.253. The van der Waals surface area contributed by atoms with Gasteiger partial charge < -0.3 is 20.7 Å². The first-order valence-electron chi connectivity index (χ1n) is 9.34. The third-order valence-electron chi connectivity index (χ3n) is 4.31. The number of halogens is 2. The molecular weight excluding hydrogens is 439 g/mol. The summed E-state index contributed by atoms with van der Waals surface area (Å²) in [5.41, 5.74) is 1.54. The minimum atomic E-state index is -0.410. The number of nitrogens with one attached hydrogen (secondary N) is 3. The monoisotopic (exact) mass is 458 g/mol. The van der Waals surface area contributed by atoms with Crippen molar-refractivity contribution in [1.82, 2.24) is 15.6 Å². The average molecular weight is 459 g/mol. The Labute approximate surface area is 189 Å². The van der Waals surface area contributed by atoms with Crippen LogP contribution in [0.2, 0.25) is 10.0 Å². The number of rotatable bonds is 6. The van der Waals surface area contributed by atoms with Gasteiger partial charge in [0.25, 0.3) is 5.91 Å². The molecule has 0 radical (unpaired) electrons. The molecule has 0 aliphatic carbocycles. The Bertz CT molecular complexity index is 1110. The molecule has 0 aliphatic rings. The van der Waals surface area contributed by atoms with Crippen LogP contribution >= 0.6 is 23.2 Å². The molecule has 160 valence electrons. The van der Waals surface area contributed by atoms with Crippen LogP contribution in [0.3, 0.4) is 0 Å². The molecule has 1 heterocycles. The Morgan fingerprint density at radius 3 is 2.55 bits per heavy atom. The van der Waals surface area contributed by atoms with Crippen LogP contribution in [-0.4, -0.2) is 24.0 Å². The molecule has 3 rings (SSSR count). The van der Waals surface area contributed by atoms with Gasteiger partial charge >= 0.3 is 6.03 Å². The Morgan fingerprint density at radius 2 is 1.81 bits per heavy atom. The van der Waals surface area contributed by atoms with E-state index in [4.69, 9.17) is 27.9 Å². The van der Waals surface area contributed by atoms with Gasteiger partial charge in [-0.15, -0.1) is 0 Å². The molecule has 0 saturated carbocycles. The quantitative estimate of drug-likeness (QED) is 0.459. The molecule has 1 unspecified atom stereocenters. The summed E-state index contributed by atoms with van der Waals surface area (Å²) in [6.45, 7) is 1.85. The fraction of sp³-hybridized carbons (Fsp3) is 0.136. The second-order valence-corrected chi connectivity index (χ2v) is 7.42. The van der Waals surface area contributed by atoms with Crippen LogP contribution in [0.1, 0.15) is 29.0 Å². The number of ether oxygens (including phenoxy) is 1. The van der Waals surface area contributed by atoms with Gasteiger partial charge in [0.1, 0.15) is 17.2 Å². The third kappa shape index (κ3) is 6.10. The molecule has 0 aliphatic heterocycles. The lowest BCUT2D eigenvalue weighted by Gasteiger charge is -2.17. The molecule has 31 heavy (non-hydrogen) atoms. The zero-order valence-electron chi connectivity index (χ0n) is 16.8. The highest BCUT2D eigenvalue weighted by Crippen LogP contribution is 2.27. The molecule has 0 fully saturated rings. The summed E-state index contributed by atoms with van der Waals surface area (Å²) >= 11 is 12.0. The van der Waals surface area contributed by atoms with Gasteiger partial charge in [0.2, 0.25) is 0 Å². The predicted molar refractivity (Wildman–Crippen MR) is 121 cm³/mol. The van der Waals surface area contributed by atoms with E-state index in [9.17, 15) is 9.59 Å². The molecule has 0 saturated heterocycles. The SMILES string of the molecule is CNC(=O)c1cc(Oc2cccc(C(C)NC(=O)Nc3ccc(Cl)cc3Cl)c2)ccn1. The highest BCUT2D eigenvalue weighted by atomic mass is 35.5. The van der Waals surface area contributed by atoms with Crippen molar-refractivity contribution in [2.75, 3.05) is 12.4 Å². The second kappa shape index (κ2) is 10.1. The first-order chi connectivity index (χ1) is 14.9. The predicted octanol–water partition coefficient (Wildman–Crippen LogP) is 5.42. The zero-order chi connectivity index (χ0) is 22.4. The maximum Gasteiger partial charge on any atom is 0.319 e. The maximum atomic E-state index is 12.3. The van der Waals surface area contributed by atoms with Crippen molar-refractivity contribution in [3.63, 3.8) is 0 Å². The van der Waals surface area contributed by atoms with Crippen LogP contribution in [0.25, 0.3) is 0 Å². The van der Waals surface area contributed by atoms with Gasteiger partial charge in [-0.1, -0.05) is 35.3 Å². The van der Waals surface area contributed by atoms with E-state index in [1.807, 2.05) is 19.1 Å². The number of urea groups is 1. The first kappa shape index (κ1) is 22.4. The van der Waals surface area contributed by atoms with Crippen LogP contribution < -0.4 is 20.7 Å². The third-order valence-corrected chi connectivity index (χ3v) is 4.86. The molecule has 3 amide bonds. The molecule has 3 N–H and O–H groups in total. The summed E-state index contributed by atoms with van der Waals surface area (Å²) in [6, 6.07) is 14.6. The van der Waals surface area contributed by atoms with Crippen molar-refractivity contribution in [3.8, 4) is 11.5 Å². The molecule has 1 aromatic heterocycles. The Balaban J connectivity index is 1.66. The average Bonchev–Trinajstić information content (AvgIpc) is 2.75. The number of benzene rings is 2. The molecule has 0 bridgehead atoms. The Morgan fingerprint density at radius 1 is 1.03 bits per heavy atom. The number of anilines is 1. The summed E-state index contributed by atoms with van der Waals surface area (Å²) in [6.07, 6.45) is 1.50. The van der Waals surface area contributed by atoms with Gasteiger partial charge in [-0.05, 0) is 48.9 Å². The van der Waals surface area contributed by atoms with Crippen LogP contribution in [0.15, 0.2) is 60.8 Å². The lowest BCUT2D eigenvalue weighted by molar-refractivity contribution is 0.0958. The Hall–Kier alpha value is -3.29. The zero-order valence-corrected chi connectivity index (χ0v) is 18.3. The molecule has 0 spiro atoms. The van der Waals surface area contributed by atoms with Gasteiger partial charge in [-0.3, -0.25) is 9.78 Å². The number of nitrogens with zero attached hydrogens (tertiary/aromatic N) is 1. The van der Waals surface area contributed by atoms with Gasteiger partial charge in [-0.25, -0.2) is 4.79 Å². The molecule has 7 nitrogen and oxygen atoms in total. The van der Waals surface area contributed by atoms with Crippen molar-refractivity contribution in [3.05, 3.63) is 82.1 Å². The van der Waals surface area contributed by atoms with E-state index in [1.54, 1.807) is 42.5 Å². The van der Waals surface area contributed by atoms with Gasteiger partial charge in [0, 0.05) is 24.3 Å². The Kier molecular flexibility index (Phi) is 7.33. The number of hydrogen-bond acceptors (Lipinski definition) is 4. The lowest BCUT2D eigenvalue weighted by Crippen LogP contribution is -2.31. The first-order valence-corrected chi connectivity index (χ1v) is 10.1. The van der Waals surface area contributed by atoms with Crippen molar-refractivity contribution in [2.24, 2.45) is 0 Å².